The molecular formula is C21H22ClNO4S. The molecule has 1 amide bonds. The average molecular weight is 420 g/mol. The number of amides is 1. The number of unbranched alkanes of at least 4 members (excludes halogenated alkanes) is 1. The molecule has 7 heteroatoms. The molecule has 0 spiro atoms. The van der Waals surface area contributed by atoms with E-state index in [4.69, 9.17) is 16.3 Å². The molecule has 0 aromatic heterocycles. The molecule has 148 valence electrons. The Hall–Kier alpha value is -2.31. The van der Waals surface area contributed by atoms with Gasteiger partial charge in [0.05, 0.1) is 18.4 Å². The van der Waals surface area contributed by atoms with E-state index in [1.54, 1.807) is 48.5 Å². The van der Waals surface area contributed by atoms with E-state index in [0.29, 0.717) is 28.6 Å². The van der Waals surface area contributed by atoms with Gasteiger partial charge in [-0.25, -0.2) is 8.42 Å². The number of halogens is 1. The maximum atomic E-state index is 13.2. The van der Waals surface area contributed by atoms with Gasteiger partial charge < -0.3 is 9.64 Å². The van der Waals surface area contributed by atoms with Crippen LogP contribution in [0.15, 0.2) is 60.0 Å². The van der Waals surface area contributed by atoms with Crippen molar-refractivity contribution in [1.82, 2.24) is 0 Å². The molecule has 5 nitrogen and oxygen atoms in total. The molecule has 1 aliphatic heterocycles. The van der Waals surface area contributed by atoms with Gasteiger partial charge in [-0.2, -0.15) is 0 Å². The van der Waals surface area contributed by atoms with Gasteiger partial charge in [-0.05, 0) is 55.0 Å². The highest BCUT2D eigenvalue weighted by Gasteiger charge is 2.32. The van der Waals surface area contributed by atoms with Gasteiger partial charge in [-0.3, -0.25) is 4.79 Å². The van der Waals surface area contributed by atoms with Gasteiger partial charge in [0.15, 0.2) is 9.84 Å². The Morgan fingerprint density at radius 2 is 1.96 bits per heavy atom. The summed E-state index contributed by atoms with van der Waals surface area (Å²) in [5.41, 5.74) is 0.994. The van der Waals surface area contributed by atoms with Crippen molar-refractivity contribution in [3.8, 4) is 5.75 Å². The lowest BCUT2D eigenvalue weighted by molar-refractivity contribution is 0.0983. The first kappa shape index (κ1) is 20.4. The van der Waals surface area contributed by atoms with Gasteiger partial charge in [0.25, 0.3) is 5.91 Å². The van der Waals surface area contributed by atoms with Crippen LogP contribution < -0.4 is 9.64 Å². The number of sulfone groups is 1. The zero-order valence-corrected chi connectivity index (χ0v) is 17.1. The van der Waals surface area contributed by atoms with E-state index in [0.717, 1.165) is 18.2 Å². The van der Waals surface area contributed by atoms with Crippen molar-refractivity contribution in [3.63, 3.8) is 0 Å². The molecule has 28 heavy (non-hydrogen) atoms. The SMILES string of the molecule is CCCCOc1ccc(C(=O)N(c2cccc(Cl)c2)[C@@H]2C=CS(=O)(=O)C2)cc1. The lowest BCUT2D eigenvalue weighted by Gasteiger charge is -2.28. The minimum Gasteiger partial charge on any atom is -0.494 e. The molecule has 3 rings (SSSR count). The molecule has 0 N–H and O–H groups in total. The summed E-state index contributed by atoms with van der Waals surface area (Å²) in [4.78, 5) is 14.7. The molecule has 1 atom stereocenters. The van der Waals surface area contributed by atoms with Crippen LogP contribution in [0.4, 0.5) is 5.69 Å². The Kier molecular flexibility index (Phi) is 6.42. The fourth-order valence-electron chi connectivity index (χ4n) is 2.97. The molecule has 2 aromatic rings. The van der Waals surface area contributed by atoms with E-state index >= 15 is 0 Å². The summed E-state index contributed by atoms with van der Waals surface area (Å²) in [6, 6.07) is 13.1. The molecular weight excluding hydrogens is 398 g/mol. The second kappa shape index (κ2) is 8.80. The van der Waals surface area contributed by atoms with Crippen LogP contribution in [0.3, 0.4) is 0 Å². The maximum Gasteiger partial charge on any atom is 0.258 e. The monoisotopic (exact) mass is 419 g/mol. The summed E-state index contributed by atoms with van der Waals surface area (Å²) in [6.07, 6.45) is 3.55. The van der Waals surface area contributed by atoms with Crippen molar-refractivity contribution >= 4 is 33.0 Å². The number of carbonyl (C=O) groups is 1. The van der Waals surface area contributed by atoms with Crippen LogP contribution >= 0.6 is 11.6 Å². The van der Waals surface area contributed by atoms with Gasteiger partial charge >= 0.3 is 0 Å². The first-order chi connectivity index (χ1) is 13.4. The quantitative estimate of drug-likeness (QED) is 0.621. The van der Waals surface area contributed by atoms with E-state index in [9.17, 15) is 13.2 Å². The van der Waals surface area contributed by atoms with Crippen LogP contribution in [0.2, 0.25) is 5.02 Å². The predicted octanol–water partition coefficient (Wildman–Crippen LogP) is 4.48. The summed E-state index contributed by atoms with van der Waals surface area (Å²) in [6.45, 7) is 2.72. The van der Waals surface area contributed by atoms with Crippen molar-refractivity contribution in [3.05, 3.63) is 70.6 Å². The third-order valence-corrected chi connectivity index (χ3v) is 6.03. The summed E-state index contributed by atoms with van der Waals surface area (Å²) >= 11 is 6.09. The minimum absolute atomic E-state index is 0.149. The fourth-order valence-corrected chi connectivity index (χ4v) is 4.43. The topological polar surface area (TPSA) is 63.7 Å². The molecule has 0 aliphatic carbocycles. The number of hydrogen-bond acceptors (Lipinski definition) is 4. The van der Waals surface area contributed by atoms with Crippen LogP contribution in [-0.2, 0) is 9.84 Å². The van der Waals surface area contributed by atoms with Gasteiger partial charge in [0, 0.05) is 21.7 Å². The third-order valence-electron chi connectivity index (χ3n) is 4.42. The van der Waals surface area contributed by atoms with E-state index < -0.39 is 15.9 Å². The number of anilines is 1. The molecule has 0 fully saturated rings. The highest BCUT2D eigenvalue weighted by Crippen LogP contribution is 2.27. The fraction of sp³-hybridized carbons (Fsp3) is 0.286. The lowest BCUT2D eigenvalue weighted by atomic mass is 10.1. The molecule has 1 heterocycles. The number of rotatable bonds is 7. The highest BCUT2D eigenvalue weighted by atomic mass is 35.5. The van der Waals surface area contributed by atoms with Crippen molar-refractivity contribution in [2.75, 3.05) is 17.3 Å². The molecule has 0 unspecified atom stereocenters. The third kappa shape index (κ3) is 4.94. The summed E-state index contributed by atoms with van der Waals surface area (Å²) in [5, 5.41) is 1.63. The number of nitrogens with zero attached hydrogens (tertiary/aromatic N) is 1. The normalized spacial score (nSPS) is 17.4. The zero-order valence-electron chi connectivity index (χ0n) is 15.5. The van der Waals surface area contributed by atoms with Crippen LogP contribution in [-0.4, -0.2) is 32.7 Å². The van der Waals surface area contributed by atoms with Crippen LogP contribution in [0.1, 0.15) is 30.1 Å². The van der Waals surface area contributed by atoms with Crippen molar-refractivity contribution in [2.24, 2.45) is 0 Å². The van der Waals surface area contributed by atoms with Gasteiger partial charge in [0.1, 0.15) is 5.75 Å². The summed E-state index contributed by atoms with van der Waals surface area (Å²) < 4.78 is 29.4. The first-order valence-corrected chi connectivity index (χ1v) is 11.2. The van der Waals surface area contributed by atoms with E-state index in [-0.39, 0.29) is 11.7 Å². The summed E-state index contributed by atoms with van der Waals surface area (Å²) in [5.74, 6) is 0.250. The molecule has 0 saturated carbocycles. The Labute approximate surface area is 170 Å². The van der Waals surface area contributed by atoms with Crippen molar-refractivity contribution in [2.45, 2.75) is 25.8 Å². The average Bonchev–Trinajstić information content (AvgIpc) is 3.02. The Morgan fingerprint density at radius 1 is 1.21 bits per heavy atom. The van der Waals surface area contributed by atoms with E-state index in [1.807, 2.05) is 0 Å². The second-order valence-corrected chi connectivity index (χ2v) is 8.97. The second-order valence-electron chi connectivity index (χ2n) is 6.61. The number of ether oxygens (including phenoxy) is 1. The Bertz CT molecular complexity index is 970. The first-order valence-electron chi connectivity index (χ1n) is 9.12. The largest absolute Gasteiger partial charge is 0.494 e. The van der Waals surface area contributed by atoms with E-state index in [1.165, 1.54) is 11.0 Å². The van der Waals surface area contributed by atoms with Crippen molar-refractivity contribution in [1.29, 1.82) is 0 Å². The van der Waals surface area contributed by atoms with Gasteiger partial charge in [-0.15, -0.1) is 0 Å². The number of benzene rings is 2. The Balaban J connectivity index is 1.87. The molecule has 0 bridgehead atoms. The van der Waals surface area contributed by atoms with Gasteiger partial charge in [-0.1, -0.05) is 31.0 Å². The molecule has 2 aromatic carbocycles. The van der Waals surface area contributed by atoms with Crippen molar-refractivity contribution < 1.29 is 17.9 Å². The number of hydrogen-bond donors (Lipinski definition) is 0. The number of carbonyl (C=O) groups excluding carboxylic acids is 1. The standard InChI is InChI=1S/C21H22ClNO4S/c1-2-3-12-27-20-9-7-16(8-10-20)21(24)23(18-6-4-5-17(22)14-18)19-11-13-28(25,26)15-19/h4-11,13-14,19H,2-3,12,15H2,1H3/t19-/m1/s1. The highest BCUT2D eigenvalue weighted by molar-refractivity contribution is 7.94. The molecule has 0 radical (unpaired) electrons. The zero-order chi connectivity index (χ0) is 20.1. The maximum absolute atomic E-state index is 13.2. The van der Waals surface area contributed by atoms with Gasteiger partial charge in [0.2, 0.25) is 0 Å². The van der Waals surface area contributed by atoms with Crippen LogP contribution in [0, 0.1) is 0 Å². The van der Waals surface area contributed by atoms with Crippen LogP contribution in [0.5, 0.6) is 5.75 Å². The lowest BCUT2D eigenvalue weighted by Crippen LogP contribution is -2.41. The minimum atomic E-state index is -3.32. The molecule has 0 saturated heterocycles. The molecule has 1 aliphatic rings. The van der Waals surface area contributed by atoms with Crippen LogP contribution in [0.25, 0.3) is 0 Å². The Morgan fingerprint density at radius 3 is 2.57 bits per heavy atom. The summed E-state index contributed by atoms with van der Waals surface area (Å²) in [7, 11) is -3.32. The van der Waals surface area contributed by atoms with E-state index in [2.05, 4.69) is 6.92 Å². The predicted molar refractivity (Wildman–Crippen MR) is 112 cm³/mol. The smallest absolute Gasteiger partial charge is 0.258 e.